The predicted octanol–water partition coefficient (Wildman–Crippen LogP) is 2.08. The summed E-state index contributed by atoms with van der Waals surface area (Å²) in [5, 5.41) is 2.78. The van der Waals surface area contributed by atoms with E-state index < -0.39 is 0 Å². The Hall–Kier alpha value is -1.95. The fourth-order valence-corrected chi connectivity index (χ4v) is 2.33. The minimum atomic E-state index is -0.341. The van der Waals surface area contributed by atoms with Crippen LogP contribution in [0.1, 0.15) is 13.3 Å². The fraction of sp³-hybridized carbons (Fsp3) is 0.429. The zero-order chi connectivity index (χ0) is 14.3. The van der Waals surface area contributed by atoms with Gasteiger partial charge in [0, 0.05) is 19.7 Å². The Morgan fingerprint density at radius 2 is 2.40 bits per heavy atom. The smallest absolute Gasteiger partial charge is 0.232 e. The molecule has 1 N–H and O–H groups in total. The van der Waals surface area contributed by atoms with Crippen molar-refractivity contribution in [1.29, 1.82) is 0 Å². The fourth-order valence-electron chi connectivity index (χ4n) is 2.33. The summed E-state index contributed by atoms with van der Waals surface area (Å²) in [7, 11) is 1.79. The van der Waals surface area contributed by atoms with Gasteiger partial charge in [-0.25, -0.2) is 9.37 Å². The molecule has 0 saturated heterocycles. The molecule has 2 aromatic rings. The van der Waals surface area contributed by atoms with Crippen LogP contribution in [0.25, 0.3) is 11.0 Å². The van der Waals surface area contributed by atoms with E-state index in [9.17, 15) is 9.18 Å². The molecule has 1 aliphatic carbocycles. The Kier molecular flexibility index (Phi) is 3.17. The summed E-state index contributed by atoms with van der Waals surface area (Å²) in [6.45, 7) is 2.52. The maximum absolute atomic E-state index is 13.2. The molecule has 106 valence electrons. The van der Waals surface area contributed by atoms with E-state index in [1.54, 1.807) is 17.7 Å². The first-order valence-electron chi connectivity index (χ1n) is 6.64. The minimum absolute atomic E-state index is 0.0205. The van der Waals surface area contributed by atoms with Crippen molar-refractivity contribution in [2.45, 2.75) is 19.4 Å². The summed E-state index contributed by atoms with van der Waals surface area (Å²) in [5.74, 6) is -0.112. The zero-order valence-corrected chi connectivity index (χ0v) is 11.4. The van der Waals surface area contributed by atoms with Crippen LogP contribution in [-0.4, -0.2) is 28.2 Å². The summed E-state index contributed by atoms with van der Waals surface area (Å²) in [5.41, 5.74) is 1.30. The molecule has 1 aliphatic rings. The lowest BCUT2D eigenvalue weighted by Gasteiger charge is -2.04. The molecule has 1 saturated carbocycles. The molecule has 0 aliphatic heterocycles. The van der Waals surface area contributed by atoms with Gasteiger partial charge in [-0.3, -0.25) is 10.1 Å². The molecule has 0 radical (unpaired) electrons. The predicted molar refractivity (Wildman–Crippen MR) is 72.8 cm³/mol. The van der Waals surface area contributed by atoms with Gasteiger partial charge in [0.15, 0.2) is 0 Å². The van der Waals surface area contributed by atoms with E-state index in [2.05, 4.69) is 10.3 Å². The number of fused-ring (bicyclic) bond motifs is 1. The van der Waals surface area contributed by atoms with Crippen molar-refractivity contribution in [3.05, 3.63) is 24.0 Å². The molecule has 1 aromatic heterocycles. The highest BCUT2D eigenvalue weighted by molar-refractivity contribution is 5.95. The lowest BCUT2D eigenvalue weighted by molar-refractivity contribution is -0.118. The second kappa shape index (κ2) is 4.86. The summed E-state index contributed by atoms with van der Waals surface area (Å²) >= 11 is 0. The normalized spacial score (nSPS) is 21.1. The average molecular weight is 277 g/mol. The molecule has 1 fully saturated rings. The van der Waals surface area contributed by atoms with E-state index >= 15 is 0 Å². The van der Waals surface area contributed by atoms with Gasteiger partial charge in [0.2, 0.25) is 11.9 Å². The first-order chi connectivity index (χ1) is 9.60. The van der Waals surface area contributed by atoms with Gasteiger partial charge >= 0.3 is 0 Å². The highest BCUT2D eigenvalue weighted by Gasteiger charge is 2.44. The number of aromatic nitrogens is 2. The van der Waals surface area contributed by atoms with Crippen LogP contribution in [0, 0.1) is 11.7 Å². The SMILES string of the molecule is CCOC1CC1C(=O)Nc1nc2cc(F)ccc2n1C. The number of carbonyl (C=O) groups excluding carboxylic acids is 1. The molecular formula is C14H16FN3O2. The monoisotopic (exact) mass is 277 g/mol. The number of anilines is 1. The van der Waals surface area contributed by atoms with Crippen LogP contribution in [-0.2, 0) is 16.6 Å². The Labute approximate surface area is 115 Å². The molecule has 5 nitrogen and oxygen atoms in total. The number of hydrogen-bond acceptors (Lipinski definition) is 3. The van der Waals surface area contributed by atoms with E-state index in [-0.39, 0.29) is 23.7 Å². The van der Waals surface area contributed by atoms with Crippen LogP contribution in [0.4, 0.5) is 10.3 Å². The number of imidazole rings is 1. The van der Waals surface area contributed by atoms with Crippen LogP contribution < -0.4 is 5.32 Å². The van der Waals surface area contributed by atoms with Gasteiger partial charge in [0.1, 0.15) is 5.82 Å². The Morgan fingerprint density at radius 1 is 1.60 bits per heavy atom. The molecule has 1 aromatic carbocycles. The van der Waals surface area contributed by atoms with E-state index in [4.69, 9.17) is 4.74 Å². The van der Waals surface area contributed by atoms with Gasteiger partial charge in [-0.15, -0.1) is 0 Å². The van der Waals surface area contributed by atoms with Crippen molar-refractivity contribution in [1.82, 2.24) is 9.55 Å². The van der Waals surface area contributed by atoms with Gasteiger partial charge in [-0.1, -0.05) is 0 Å². The Bertz CT molecular complexity index is 668. The standard InChI is InChI=1S/C14H16FN3O2/c1-3-20-12-7-9(12)13(19)17-14-16-10-6-8(15)4-5-11(10)18(14)2/h4-6,9,12H,3,7H2,1-2H3,(H,16,17,19). The van der Waals surface area contributed by atoms with E-state index in [1.165, 1.54) is 12.1 Å². The number of aryl methyl sites for hydroxylation is 1. The van der Waals surface area contributed by atoms with Gasteiger partial charge in [-0.05, 0) is 25.5 Å². The number of nitrogens with one attached hydrogen (secondary N) is 1. The molecule has 0 spiro atoms. The quantitative estimate of drug-likeness (QED) is 0.930. The maximum atomic E-state index is 13.2. The molecule has 0 bridgehead atoms. The van der Waals surface area contributed by atoms with E-state index in [1.807, 2.05) is 6.92 Å². The van der Waals surface area contributed by atoms with Crippen LogP contribution in [0.3, 0.4) is 0 Å². The highest BCUT2D eigenvalue weighted by Crippen LogP contribution is 2.34. The summed E-state index contributed by atoms with van der Waals surface area (Å²) in [4.78, 5) is 16.3. The molecule has 1 amide bonds. The average Bonchev–Trinajstić information content (AvgIpc) is 3.11. The lowest BCUT2D eigenvalue weighted by Crippen LogP contribution is -2.19. The summed E-state index contributed by atoms with van der Waals surface area (Å²) < 4.78 is 20.3. The van der Waals surface area contributed by atoms with Crippen molar-refractivity contribution >= 4 is 22.9 Å². The number of halogens is 1. The molecule has 20 heavy (non-hydrogen) atoms. The van der Waals surface area contributed by atoms with E-state index in [0.717, 1.165) is 11.9 Å². The number of benzene rings is 1. The van der Waals surface area contributed by atoms with Crippen molar-refractivity contribution in [3.8, 4) is 0 Å². The van der Waals surface area contributed by atoms with Crippen LogP contribution in [0.5, 0.6) is 0 Å². The van der Waals surface area contributed by atoms with Crippen LogP contribution in [0.2, 0.25) is 0 Å². The van der Waals surface area contributed by atoms with Gasteiger partial charge < -0.3 is 9.30 Å². The highest BCUT2D eigenvalue weighted by atomic mass is 19.1. The Morgan fingerprint density at radius 3 is 3.15 bits per heavy atom. The number of ether oxygens (including phenoxy) is 1. The third kappa shape index (κ3) is 2.27. The second-order valence-electron chi connectivity index (χ2n) is 4.95. The third-order valence-electron chi connectivity index (χ3n) is 3.53. The molecular weight excluding hydrogens is 261 g/mol. The van der Waals surface area contributed by atoms with Gasteiger partial charge in [-0.2, -0.15) is 0 Å². The summed E-state index contributed by atoms with van der Waals surface area (Å²) in [6.07, 6.45) is 0.769. The second-order valence-corrected chi connectivity index (χ2v) is 4.95. The van der Waals surface area contributed by atoms with Crippen LogP contribution >= 0.6 is 0 Å². The van der Waals surface area contributed by atoms with Crippen molar-refractivity contribution in [2.75, 3.05) is 11.9 Å². The number of nitrogens with zero attached hydrogens (tertiary/aromatic N) is 2. The zero-order valence-electron chi connectivity index (χ0n) is 11.4. The first kappa shape index (κ1) is 13.1. The van der Waals surface area contributed by atoms with Crippen LogP contribution in [0.15, 0.2) is 18.2 Å². The molecule has 3 rings (SSSR count). The maximum Gasteiger partial charge on any atom is 0.232 e. The molecule has 1 heterocycles. The topological polar surface area (TPSA) is 56.1 Å². The first-order valence-corrected chi connectivity index (χ1v) is 6.64. The van der Waals surface area contributed by atoms with Gasteiger partial charge in [0.05, 0.1) is 23.1 Å². The third-order valence-corrected chi connectivity index (χ3v) is 3.53. The Balaban J connectivity index is 1.78. The number of hydrogen-bond donors (Lipinski definition) is 1. The van der Waals surface area contributed by atoms with E-state index in [0.29, 0.717) is 18.1 Å². The number of carbonyl (C=O) groups is 1. The summed E-state index contributed by atoms with van der Waals surface area (Å²) in [6, 6.07) is 4.38. The lowest BCUT2D eigenvalue weighted by atomic mass is 10.3. The number of amides is 1. The van der Waals surface area contributed by atoms with Crippen molar-refractivity contribution in [2.24, 2.45) is 13.0 Å². The molecule has 2 unspecified atom stereocenters. The number of rotatable bonds is 4. The molecule has 6 heteroatoms. The van der Waals surface area contributed by atoms with Gasteiger partial charge in [0.25, 0.3) is 0 Å². The van der Waals surface area contributed by atoms with Crippen molar-refractivity contribution in [3.63, 3.8) is 0 Å². The minimum Gasteiger partial charge on any atom is -0.378 e. The largest absolute Gasteiger partial charge is 0.378 e. The molecule has 2 atom stereocenters. The van der Waals surface area contributed by atoms with Crippen molar-refractivity contribution < 1.29 is 13.9 Å².